The zero-order valence-electron chi connectivity index (χ0n) is 12.8. The van der Waals surface area contributed by atoms with E-state index in [0.717, 1.165) is 31.5 Å². The monoisotopic (exact) mass is 312 g/mol. The zero-order valence-corrected chi connectivity index (χ0v) is 13.6. The summed E-state index contributed by atoms with van der Waals surface area (Å²) < 4.78 is 5.47. The van der Waals surface area contributed by atoms with Gasteiger partial charge in [-0.1, -0.05) is 30.3 Å². The van der Waals surface area contributed by atoms with Crippen molar-refractivity contribution in [2.75, 3.05) is 40.4 Å². The lowest BCUT2D eigenvalue weighted by Crippen LogP contribution is -2.49. The van der Waals surface area contributed by atoms with E-state index in [1.54, 1.807) is 0 Å². The van der Waals surface area contributed by atoms with Crippen molar-refractivity contribution in [2.45, 2.75) is 18.3 Å². The van der Waals surface area contributed by atoms with Crippen molar-refractivity contribution in [3.63, 3.8) is 0 Å². The smallest absolute Gasteiger partial charge is 0.233 e. The average molecular weight is 313 g/mol. The first-order valence-electron chi connectivity index (χ1n) is 7.24. The summed E-state index contributed by atoms with van der Waals surface area (Å²) in [4.78, 5) is 14.8. The van der Waals surface area contributed by atoms with Gasteiger partial charge in [0.05, 0.1) is 5.41 Å². The number of ether oxygens (including phenoxy) is 1. The van der Waals surface area contributed by atoms with E-state index in [9.17, 15) is 4.79 Å². The van der Waals surface area contributed by atoms with Crippen LogP contribution < -0.4 is 5.32 Å². The summed E-state index contributed by atoms with van der Waals surface area (Å²) in [6.45, 7) is 2.84. The van der Waals surface area contributed by atoms with Gasteiger partial charge in [0.2, 0.25) is 5.91 Å². The molecule has 1 N–H and O–H groups in total. The van der Waals surface area contributed by atoms with Crippen molar-refractivity contribution in [3.05, 3.63) is 35.9 Å². The van der Waals surface area contributed by atoms with Crippen LogP contribution in [0.25, 0.3) is 0 Å². The van der Waals surface area contributed by atoms with Crippen LogP contribution in [0, 0.1) is 0 Å². The first-order chi connectivity index (χ1) is 9.70. The van der Waals surface area contributed by atoms with Crippen LogP contribution >= 0.6 is 12.4 Å². The number of rotatable bonds is 5. The normalized spacial score (nSPS) is 16.9. The van der Waals surface area contributed by atoms with Crippen LogP contribution in [0.3, 0.4) is 0 Å². The summed E-state index contributed by atoms with van der Waals surface area (Å²) in [6, 6.07) is 10.1. The quantitative estimate of drug-likeness (QED) is 0.902. The topological polar surface area (TPSA) is 41.6 Å². The summed E-state index contributed by atoms with van der Waals surface area (Å²) >= 11 is 0. The summed E-state index contributed by atoms with van der Waals surface area (Å²) in [5.41, 5.74) is 0.701. The first-order valence-corrected chi connectivity index (χ1v) is 7.24. The van der Waals surface area contributed by atoms with Gasteiger partial charge in [0, 0.05) is 33.4 Å². The van der Waals surface area contributed by atoms with Gasteiger partial charge in [-0.15, -0.1) is 12.4 Å². The van der Waals surface area contributed by atoms with E-state index in [0.29, 0.717) is 13.2 Å². The summed E-state index contributed by atoms with van der Waals surface area (Å²) in [5, 5.41) is 3.09. The predicted octanol–water partition coefficient (Wildman–Crippen LogP) is 1.83. The minimum atomic E-state index is -0.415. The van der Waals surface area contributed by atoms with Crippen LogP contribution in [-0.2, 0) is 14.9 Å². The number of halogens is 1. The van der Waals surface area contributed by atoms with E-state index in [2.05, 4.69) is 17.4 Å². The van der Waals surface area contributed by atoms with Crippen LogP contribution in [0.5, 0.6) is 0 Å². The van der Waals surface area contributed by atoms with Crippen molar-refractivity contribution in [2.24, 2.45) is 0 Å². The Morgan fingerprint density at radius 1 is 1.29 bits per heavy atom. The highest BCUT2D eigenvalue weighted by molar-refractivity contribution is 5.88. The molecule has 1 aromatic rings. The maximum atomic E-state index is 13.0. The largest absolute Gasteiger partial charge is 0.381 e. The third kappa shape index (κ3) is 3.96. The maximum absolute atomic E-state index is 13.0. The Balaban J connectivity index is 0.00000220. The summed E-state index contributed by atoms with van der Waals surface area (Å²) in [5.74, 6) is 0.210. The molecule has 1 fully saturated rings. The lowest BCUT2D eigenvalue weighted by atomic mass is 9.73. The fourth-order valence-corrected chi connectivity index (χ4v) is 2.85. The van der Waals surface area contributed by atoms with Gasteiger partial charge in [-0.3, -0.25) is 4.79 Å². The molecule has 0 spiro atoms. The van der Waals surface area contributed by atoms with Crippen molar-refractivity contribution in [1.29, 1.82) is 0 Å². The molecule has 1 aliphatic rings. The number of nitrogens with one attached hydrogen (secondary N) is 1. The summed E-state index contributed by atoms with van der Waals surface area (Å²) in [7, 11) is 3.79. The molecule has 4 nitrogen and oxygen atoms in total. The second-order valence-electron chi connectivity index (χ2n) is 5.39. The van der Waals surface area contributed by atoms with Crippen LogP contribution in [0.4, 0.5) is 0 Å². The van der Waals surface area contributed by atoms with E-state index >= 15 is 0 Å². The van der Waals surface area contributed by atoms with E-state index < -0.39 is 5.41 Å². The average Bonchev–Trinajstić information content (AvgIpc) is 2.53. The van der Waals surface area contributed by atoms with Gasteiger partial charge in [0.15, 0.2) is 0 Å². The molecular weight excluding hydrogens is 288 g/mol. The van der Waals surface area contributed by atoms with Crippen molar-refractivity contribution < 1.29 is 9.53 Å². The van der Waals surface area contributed by atoms with Gasteiger partial charge in [-0.2, -0.15) is 0 Å². The molecule has 0 radical (unpaired) electrons. The van der Waals surface area contributed by atoms with E-state index in [1.807, 2.05) is 37.2 Å². The fraction of sp³-hybridized carbons (Fsp3) is 0.562. The molecular formula is C16H25ClN2O2. The number of likely N-dealkylation sites (N-methyl/N-ethyl adjacent to an activating group) is 2. The lowest BCUT2D eigenvalue weighted by molar-refractivity contribution is -0.140. The van der Waals surface area contributed by atoms with Gasteiger partial charge >= 0.3 is 0 Å². The number of hydrogen-bond acceptors (Lipinski definition) is 3. The van der Waals surface area contributed by atoms with E-state index in [1.165, 1.54) is 0 Å². The number of carbonyl (C=O) groups is 1. The van der Waals surface area contributed by atoms with Gasteiger partial charge in [-0.05, 0) is 25.5 Å². The summed E-state index contributed by atoms with van der Waals surface area (Å²) in [6.07, 6.45) is 1.53. The molecule has 0 saturated carbocycles. The predicted molar refractivity (Wildman–Crippen MR) is 87.0 cm³/mol. The molecule has 1 saturated heterocycles. The number of nitrogens with zero attached hydrogens (tertiary/aromatic N) is 1. The molecule has 1 heterocycles. The second kappa shape index (κ2) is 8.37. The number of hydrogen-bond donors (Lipinski definition) is 1. The van der Waals surface area contributed by atoms with Crippen LogP contribution in [0.15, 0.2) is 30.3 Å². The number of carbonyl (C=O) groups excluding carboxylic acids is 1. The Hall–Kier alpha value is -1.10. The molecule has 1 aliphatic heterocycles. The van der Waals surface area contributed by atoms with Gasteiger partial charge in [0.25, 0.3) is 0 Å². The Labute approximate surface area is 133 Å². The molecule has 2 rings (SSSR count). The Bertz CT molecular complexity index is 433. The molecule has 0 atom stereocenters. The fourth-order valence-electron chi connectivity index (χ4n) is 2.85. The van der Waals surface area contributed by atoms with E-state index in [4.69, 9.17) is 4.74 Å². The Morgan fingerprint density at radius 3 is 2.48 bits per heavy atom. The molecule has 5 heteroatoms. The van der Waals surface area contributed by atoms with Crippen molar-refractivity contribution in [1.82, 2.24) is 10.2 Å². The number of amides is 1. The lowest BCUT2D eigenvalue weighted by Gasteiger charge is -2.39. The highest BCUT2D eigenvalue weighted by Gasteiger charge is 2.42. The van der Waals surface area contributed by atoms with Crippen LogP contribution in [0.1, 0.15) is 18.4 Å². The van der Waals surface area contributed by atoms with Gasteiger partial charge < -0.3 is 15.0 Å². The molecule has 1 amide bonds. The Kier molecular flexibility index (Phi) is 7.15. The highest BCUT2D eigenvalue weighted by Crippen LogP contribution is 2.36. The number of benzene rings is 1. The highest BCUT2D eigenvalue weighted by atomic mass is 35.5. The molecule has 118 valence electrons. The molecule has 1 aromatic carbocycles. The molecule has 0 unspecified atom stereocenters. The van der Waals surface area contributed by atoms with Gasteiger partial charge in [-0.25, -0.2) is 0 Å². The van der Waals surface area contributed by atoms with Crippen molar-refractivity contribution >= 4 is 18.3 Å². The van der Waals surface area contributed by atoms with Crippen molar-refractivity contribution in [3.8, 4) is 0 Å². The SMILES string of the molecule is CNCCN(C)C(=O)C1(c2ccccc2)CCOCC1.Cl. The van der Waals surface area contributed by atoms with Gasteiger partial charge in [0.1, 0.15) is 0 Å². The second-order valence-corrected chi connectivity index (χ2v) is 5.39. The molecule has 0 bridgehead atoms. The Morgan fingerprint density at radius 2 is 1.90 bits per heavy atom. The third-order valence-electron chi connectivity index (χ3n) is 4.13. The molecule has 0 aliphatic carbocycles. The van der Waals surface area contributed by atoms with Crippen LogP contribution in [-0.4, -0.2) is 51.2 Å². The zero-order chi connectivity index (χ0) is 14.4. The minimum Gasteiger partial charge on any atom is -0.381 e. The van der Waals surface area contributed by atoms with Crippen LogP contribution in [0.2, 0.25) is 0 Å². The third-order valence-corrected chi connectivity index (χ3v) is 4.13. The minimum absolute atomic E-state index is 0. The molecule has 0 aromatic heterocycles. The maximum Gasteiger partial charge on any atom is 0.233 e. The standard InChI is InChI=1S/C16H24N2O2.ClH/c1-17-10-11-18(2)15(19)16(8-12-20-13-9-16)14-6-4-3-5-7-14;/h3-7,17H,8-13H2,1-2H3;1H. The first kappa shape index (κ1) is 18.0. The van der Waals surface area contributed by atoms with E-state index in [-0.39, 0.29) is 18.3 Å². The molecule has 21 heavy (non-hydrogen) atoms.